The molecule has 0 N–H and O–H groups in total. The molecule has 0 aromatic heterocycles. The van der Waals surface area contributed by atoms with Crippen LogP contribution >= 0.6 is 24.0 Å². The second-order valence-electron chi connectivity index (χ2n) is 2.48. The summed E-state index contributed by atoms with van der Waals surface area (Å²) < 4.78 is 0. The average Bonchev–Trinajstić information content (AvgIpc) is 2.04. The Kier molecular flexibility index (Phi) is 5.56. The first kappa shape index (κ1) is 11.0. The number of hydrogen-bond acceptors (Lipinski definition) is 0. The first-order chi connectivity index (χ1) is 4.88. The van der Waals surface area contributed by atoms with Crippen LogP contribution in [0.2, 0.25) is 0 Å². The third kappa shape index (κ3) is 2.81. The van der Waals surface area contributed by atoms with Crippen molar-refractivity contribution in [2.75, 3.05) is 0 Å². The summed E-state index contributed by atoms with van der Waals surface area (Å²) in [7, 11) is 0. The monoisotopic (exact) mass is 262 g/mol. The number of rotatable bonds is 2. The topological polar surface area (TPSA) is 0 Å². The summed E-state index contributed by atoms with van der Waals surface area (Å²) >= 11 is 0. The van der Waals surface area contributed by atoms with E-state index >= 15 is 0 Å². The summed E-state index contributed by atoms with van der Waals surface area (Å²) in [5.74, 6) is 0. The summed E-state index contributed by atoms with van der Waals surface area (Å²) in [5, 5.41) is 0. The molecule has 0 radical (unpaired) electrons. The lowest BCUT2D eigenvalue weighted by Gasteiger charge is -2.02. The zero-order valence-electron chi connectivity index (χ0n) is 7.13. The highest BCUT2D eigenvalue weighted by molar-refractivity contribution is 14.0. The van der Waals surface area contributed by atoms with Gasteiger partial charge in [-0.15, -0.1) is 24.0 Å². The molecule has 0 saturated carbocycles. The lowest BCUT2D eigenvalue weighted by atomic mass is 10.0. The Bertz CT molecular complexity index is 183. The molecule has 11 heavy (non-hydrogen) atoms. The van der Waals surface area contributed by atoms with Gasteiger partial charge in [-0.1, -0.05) is 38.1 Å². The van der Waals surface area contributed by atoms with Crippen molar-refractivity contribution in [3.05, 3.63) is 35.4 Å². The van der Waals surface area contributed by atoms with Gasteiger partial charge in [0, 0.05) is 0 Å². The molecule has 0 atom stereocenters. The van der Waals surface area contributed by atoms with E-state index in [9.17, 15) is 0 Å². The second-order valence-corrected chi connectivity index (χ2v) is 2.48. The van der Waals surface area contributed by atoms with E-state index in [0.29, 0.717) is 0 Å². The van der Waals surface area contributed by atoms with Crippen LogP contribution in [0.3, 0.4) is 0 Å². The maximum Gasteiger partial charge on any atom is -0.0305 e. The molecule has 62 valence electrons. The fourth-order valence-corrected chi connectivity index (χ4v) is 1.25. The van der Waals surface area contributed by atoms with E-state index in [4.69, 9.17) is 0 Å². The summed E-state index contributed by atoms with van der Waals surface area (Å²) in [6.45, 7) is 4.41. The van der Waals surface area contributed by atoms with Gasteiger partial charge in [-0.2, -0.15) is 0 Å². The van der Waals surface area contributed by atoms with Crippen LogP contribution in [0.5, 0.6) is 0 Å². The van der Waals surface area contributed by atoms with Crippen LogP contribution in [0, 0.1) is 0 Å². The van der Waals surface area contributed by atoms with E-state index in [1.165, 1.54) is 11.1 Å². The second kappa shape index (κ2) is 5.58. The first-order valence-electron chi connectivity index (χ1n) is 3.95. The maximum atomic E-state index is 2.21. The van der Waals surface area contributed by atoms with Crippen LogP contribution in [0.25, 0.3) is 0 Å². The molecular formula is C10H15I. The van der Waals surface area contributed by atoms with Crippen molar-refractivity contribution in [1.29, 1.82) is 0 Å². The van der Waals surface area contributed by atoms with E-state index in [0.717, 1.165) is 12.8 Å². The molecule has 0 fully saturated rings. The van der Waals surface area contributed by atoms with Crippen LogP contribution in [0.4, 0.5) is 0 Å². The Hall–Kier alpha value is -0.0500. The van der Waals surface area contributed by atoms with Gasteiger partial charge in [-0.05, 0) is 24.0 Å². The van der Waals surface area contributed by atoms with Gasteiger partial charge in [0.05, 0.1) is 0 Å². The number of hydrogen-bond donors (Lipinski definition) is 0. The Morgan fingerprint density at radius 3 is 1.55 bits per heavy atom. The minimum Gasteiger partial charge on any atom is -0.107 e. The van der Waals surface area contributed by atoms with Gasteiger partial charge in [-0.25, -0.2) is 0 Å². The minimum atomic E-state index is 0. The highest BCUT2D eigenvalue weighted by Gasteiger charge is 1.93. The highest BCUT2D eigenvalue weighted by atomic mass is 127. The molecule has 0 heterocycles. The van der Waals surface area contributed by atoms with E-state index in [1.54, 1.807) is 0 Å². The van der Waals surface area contributed by atoms with Crippen LogP contribution in [0.1, 0.15) is 25.0 Å². The molecule has 0 spiro atoms. The Labute approximate surface area is 86.0 Å². The lowest BCUT2D eigenvalue weighted by Crippen LogP contribution is -1.88. The standard InChI is InChI=1S/C10H14.HI/c1-3-9-7-5-6-8-10(9)4-2;/h5-8H,3-4H2,1-2H3;1H. The van der Waals surface area contributed by atoms with Crippen molar-refractivity contribution in [3.63, 3.8) is 0 Å². The SMILES string of the molecule is CCc1ccccc1CC.I. The molecule has 0 aliphatic rings. The van der Waals surface area contributed by atoms with E-state index < -0.39 is 0 Å². The highest BCUT2D eigenvalue weighted by Crippen LogP contribution is 2.08. The van der Waals surface area contributed by atoms with Gasteiger partial charge in [0.2, 0.25) is 0 Å². The summed E-state index contributed by atoms with van der Waals surface area (Å²) in [6, 6.07) is 8.63. The molecule has 0 nitrogen and oxygen atoms in total. The van der Waals surface area contributed by atoms with Gasteiger partial charge in [0.1, 0.15) is 0 Å². The van der Waals surface area contributed by atoms with Crippen molar-refractivity contribution in [1.82, 2.24) is 0 Å². The molecule has 0 aliphatic heterocycles. The molecule has 1 heteroatoms. The third-order valence-electron chi connectivity index (χ3n) is 1.88. The Balaban J connectivity index is 0.000001000. The quantitative estimate of drug-likeness (QED) is 0.716. The fourth-order valence-electron chi connectivity index (χ4n) is 1.25. The maximum absolute atomic E-state index is 2.21. The molecule has 1 aromatic carbocycles. The van der Waals surface area contributed by atoms with Crippen molar-refractivity contribution in [2.45, 2.75) is 26.7 Å². The molecular weight excluding hydrogens is 247 g/mol. The smallest absolute Gasteiger partial charge is 0.0305 e. The number of aryl methyl sites for hydroxylation is 2. The van der Waals surface area contributed by atoms with Crippen LogP contribution < -0.4 is 0 Å². The Morgan fingerprint density at radius 1 is 0.909 bits per heavy atom. The van der Waals surface area contributed by atoms with Gasteiger partial charge < -0.3 is 0 Å². The van der Waals surface area contributed by atoms with Crippen LogP contribution in [0.15, 0.2) is 24.3 Å². The summed E-state index contributed by atoms with van der Waals surface area (Å²) in [4.78, 5) is 0. The largest absolute Gasteiger partial charge is 0.107 e. The minimum absolute atomic E-state index is 0. The molecule has 1 rings (SSSR count). The van der Waals surface area contributed by atoms with Crippen molar-refractivity contribution < 1.29 is 0 Å². The van der Waals surface area contributed by atoms with Gasteiger partial charge in [0.15, 0.2) is 0 Å². The van der Waals surface area contributed by atoms with E-state index in [-0.39, 0.29) is 24.0 Å². The Morgan fingerprint density at radius 2 is 1.27 bits per heavy atom. The molecule has 0 saturated heterocycles. The van der Waals surface area contributed by atoms with Crippen LogP contribution in [-0.2, 0) is 12.8 Å². The molecule has 0 unspecified atom stereocenters. The van der Waals surface area contributed by atoms with Crippen molar-refractivity contribution in [3.8, 4) is 0 Å². The lowest BCUT2D eigenvalue weighted by molar-refractivity contribution is 1.04. The normalized spacial score (nSPS) is 8.91. The fraction of sp³-hybridized carbons (Fsp3) is 0.400. The van der Waals surface area contributed by atoms with Crippen molar-refractivity contribution in [2.24, 2.45) is 0 Å². The predicted molar refractivity (Wildman–Crippen MR) is 60.6 cm³/mol. The summed E-state index contributed by atoms with van der Waals surface area (Å²) in [5.41, 5.74) is 2.98. The van der Waals surface area contributed by atoms with E-state index in [2.05, 4.69) is 38.1 Å². The van der Waals surface area contributed by atoms with Crippen LogP contribution in [-0.4, -0.2) is 0 Å². The molecule has 0 amide bonds. The van der Waals surface area contributed by atoms with Crippen molar-refractivity contribution >= 4 is 24.0 Å². The molecule has 1 aromatic rings. The third-order valence-corrected chi connectivity index (χ3v) is 1.88. The zero-order chi connectivity index (χ0) is 7.40. The van der Waals surface area contributed by atoms with Gasteiger partial charge >= 0.3 is 0 Å². The number of halogens is 1. The first-order valence-corrected chi connectivity index (χ1v) is 3.95. The van der Waals surface area contributed by atoms with E-state index in [1.807, 2.05) is 0 Å². The zero-order valence-corrected chi connectivity index (χ0v) is 9.46. The number of benzene rings is 1. The molecule has 0 bridgehead atoms. The predicted octanol–water partition coefficient (Wildman–Crippen LogP) is 3.43. The average molecular weight is 262 g/mol. The van der Waals surface area contributed by atoms with Gasteiger partial charge in [0.25, 0.3) is 0 Å². The summed E-state index contributed by atoms with van der Waals surface area (Å²) in [6.07, 6.45) is 2.31. The van der Waals surface area contributed by atoms with Gasteiger partial charge in [-0.3, -0.25) is 0 Å². The molecule has 0 aliphatic carbocycles.